The summed E-state index contributed by atoms with van der Waals surface area (Å²) in [5.74, 6) is -3.67. The van der Waals surface area contributed by atoms with Crippen LogP contribution in [0.2, 0.25) is 0 Å². The molecule has 4 rings (SSSR count). The lowest BCUT2D eigenvalue weighted by Crippen LogP contribution is -2.39. The van der Waals surface area contributed by atoms with Crippen LogP contribution in [0.4, 0.5) is 0 Å². The van der Waals surface area contributed by atoms with Crippen LogP contribution < -0.4 is 0 Å². The molecule has 0 saturated heterocycles. The first-order valence-electron chi connectivity index (χ1n) is 12.8. The molecule has 4 aromatic carbocycles. The SMILES string of the molecule is CC(=O)c1ccccc1.COC(C)(O)C(=O)c1ccccc1.COC(OC)(C(=O)c1ccccc1)c1ccccc1. The topological polar surface area (TPSA) is 99.1 Å². The number of hydrogen-bond donors (Lipinski definition) is 1. The molecule has 0 aliphatic carbocycles. The number of hydrogen-bond acceptors (Lipinski definition) is 7. The van der Waals surface area contributed by atoms with Crippen molar-refractivity contribution in [1.82, 2.24) is 0 Å². The van der Waals surface area contributed by atoms with Gasteiger partial charge in [0.25, 0.3) is 5.79 Å². The Morgan fingerprint density at radius 2 is 0.878 bits per heavy atom. The van der Waals surface area contributed by atoms with Crippen molar-refractivity contribution in [2.45, 2.75) is 25.4 Å². The van der Waals surface area contributed by atoms with Gasteiger partial charge < -0.3 is 19.3 Å². The van der Waals surface area contributed by atoms with Crippen LogP contribution in [-0.4, -0.2) is 49.6 Å². The summed E-state index contributed by atoms with van der Waals surface area (Å²) in [5.41, 5.74) is 2.44. The maximum Gasteiger partial charge on any atom is 0.260 e. The van der Waals surface area contributed by atoms with Gasteiger partial charge in [0.1, 0.15) is 0 Å². The third kappa shape index (κ3) is 9.13. The van der Waals surface area contributed by atoms with Crippen molar-refractivity contribution in [2.24, 2.45) is 0 Å². The minimum absolute atomic E-state index is 0.121. The lowest BCUT2D eigenvalue weighted by atomic mass is 9.96. The van der Waals surface area contributed by atoms with Crippen LogP contribution in [0.5, 0.6) is 0 Å². The van der Waals surface area contributed by atoms with Gasteiger partial charge in [0.05, 0.1) is 0 Å². The fourth-order valence-corrected chi connectivity index (χ4v) is 3.70. The number of methoxy groups -OCH3 is 3. The molecule has 0 aliphatic heterocycles. The molecule has 0 radical (unpaired) electrons. The molecule has 7 nitrogen and oxygen atoms in total. The van der Waals surface area contributed by atoms with Crippen LogP contribution in [-0.2, 0) is 20.0 Å². The molecule has 0 bridgehead atoms. The molecule has 0 fully saturated rings. The van der Waals surface area contributed by atoms with Crippen molar-refractivity contribution in [3.63, 3.8) is 0 Å². The molecule has 0 saturated carbocycles. The number of rotatable bonds is 9. The lowest BCUT2D eigenvalue weighted by molar-refractivity contribution is -0.176. The highest BCUT2D eigenvalue weighted by atomic mass is 16.7. The van der Waals surface area contributed by atoms with Crippen LogP contribution >= 0.6 is 0 Å². The van der Waals surface area contributed by atoms with Crippen molar-refractivity contribution in [1.29, 1.82) is 0 Å². The van der Waals surface area contributed by atoms with E-state index in [0.29, 0.717) is 16.7 Å². The van der Waals surface area contributed by atoms with Gasteiger partial charge in [-0.15, -0.1) is 0 Å². The maximum absolute atomic E-state index is 12.7. The number of ketones is 3. The minimum atomic E-state index is -1.73. The van der Waals surface area contributed by atoms with Crippen LogP contribution in [0.1, 0.15) is 50.5 Å². The second kappa shape index (κ2) is 16.1. The molecular formula is C34H36O7. The van der Waals surface area contributed by atoms with E-state index in [1.54, 1.807) is 49.4 Å². The Bertz CT molecular complexity index is 1350. The summed E-state index contributed by atoms with van der Waals surface area (Å²) in [6.07, 6.45) is 0. The number of carbonyl (C=O) groups excluding carboxylic acids is 3. The largest absolute Gasteiger partial charge is 0.359 e. The van der Waals surface area contributed by atoms with Gasteiger partial charge in [-0.3, -0.25) is 14.4 Å². The van der Waals surface area contributed by atoms with Crippen molar-refractivity contribution >= 4 is 17.3 Å². The Morgan fingerprint density at radius 3 is 1.20 bits per heavy atom. The Morgan fingerprint density at radius 1 is 0.537 bits per heavy atom. The summed E-state index contributed by atoms with van der Waals surface area (Å²) in [5, 5.41) is 9.47. The Hall–Kier alpha value is -4.27. The number of benzene rings is 4. The van der Waals surface area contributed by atoms with Gasteiger partial charge in [0.2, 0.25) is 17.4 Å². The number of aliphatic hydroxyl groups is 1. The van der Waals surface area contributed by atoms with Gasteiger partial charge in [-0.1, -0.05) is 121 Å². The summed E-state index contributed by atoms with van der Waals surface area (Å²) < 4.78 is 15.5. The van der Waals surface area contributed by atoms with E-state index in [2.05, 4.69) is 4.74 Å². The molecule has 1 unspecified atom stereocenters. The molecule has 1 atom stereocenters. The van der Waals surface area contributed by atoms with E-state index in [-0.39, 0.29) is 11.6 Å². The second-order valence-corrected chi connectivity index (χ2v) is 8.89. The van der Waals surface area contributed by atoms with Crippen LogP contribution in [0.15, 0.2) is 121 Å². The highest BCUT2D eigenvalue weighted by Gasteiger charge is 2.41. The minimum Gasteiger partial charge on any atom is -0.359 e. The predicted octanol–water partition coefficient (Wildman–Crippen LogP) is 6.13. The highest BCUT2D eigenvalue weighted by Crippen LogP contribution is 2.30. The van der Waals surface area contributed by atoms with E-state index in [1.807, 2.05) is 78.9 Å². The van der Waals surface area contributed by atoms with Crippen LogP contribution in [0.3, 0.4) is 0 Å². The normalized spacial score (nSPS) is 12.0. The van der Waals surface area contributed by atoms with E-state index in [0.717, 1.165) is 5.56 Å². The smallest absolute Gasteiger partial charge is 0.260 e. The molecular weight excluding hydrogens is 520 g/mol. The molecule has 41 heavy (non-hydrogen) atoms. The van der Waals surface area contributed by atoms with Gasteiger partial charge in [-0.2, -0.15) is 0 Å². The van der Waals surface area contributed by atoms with E-state index in [4.69, 9.17) is 9.47 Å². The fourth-order valence-electron chi connectivity index (χ4n) is 3.70. The quantitative estimate of drug-likeness (QED) is 0.196. The number of ether oxygens (including phenoxy) is 3. The van der Waals surface area contributed by atoms with Gasteiger partial charge in [-0.05, 0) is 13.8 Å². The van der Waals surface area contributed by atoms with Gasteiger partial charge >= 0.3 is 0 Å². The number of carbonyl (C=O) groups is 3. The number of Topliss-reactive ketones (excluding diaryl/α,β-unsaturated/α-hetero) is 3. The van der Waals surface area contributed by atoms with E-state index in [9.17, 15) is 19.5 Å². The molecule has 0 amide bonds. The van der Waals surface area contributed by atoms with Crippen molar-refractivity contribution in [3.05, 3.63) is 144 Å². The zero-order valence-electron chi connectivity index (χ0n) is 23.9. The third-order valence-corrected chi connectivity index (χ3v) is 6.10. The summed E-state index contributed by atoms with van der Waals surface area (Å²) in [7, 11) is 4.23. The molecule has 7 heteroatoms. The highest BCUT2D eigenvalue weighted by molar-refractivity contribution is 6.02. The third-order valence-electron chi connectivity index (χ3n) is 6.10. The fraction of sp³-hybridized carbons (Fsp3) is 0.206. The summed E-state index contributed by atoms with van der Waals surface area (Å²) in [6.45, 7) is 2.89. The maximum atomic E-state index is 12.7. The van der Waals surface area contributed by atoms with Crippen LogP contribution in [0, 0.1) is 0 Å². The standard InChI is InChI=1S/C16H16O3.C10H12O3.C8H8O/c1-18-16(19-2,14-11-7-4-8-12-14)15(17)13-9-5-3-6-10-13;1-10(12,13-2)9(11)8-6-4-3-5-7-8;1-7(9)8-5-3-2-4-6-8/h3-12H,1-2H3;3-7,12H,1-2H3;2-6H,1H3. The molecule has 0 heterocycles. The van der Waals surface area contributed by atoms with Crippen molar-refractivity contribution < 1.29 is 33.7 Å². The van der Waals surface area contributed by atoms with E-state index in [1.165, 1.54) is 28.3 Å². The second-order valence-electron chi connectivity index (χ2n) is 8.89. The van der Waals surface area contributed by atoms with Gasteiger partial charge in [-0.25, -0.2) is 0 Å². The average molecular weight is 557 g/mol. The molecule has 1 N–H and O–H groups in total. The predicted molar refractivity (Wildman–Crippen MR) is 158 cm³/mol. The Kier molecular flexibility index (Phi) is 12.9. The lowest BCUT2D eigenvalue weighted by Gasteiger charge is -2.29. The van der Waals surface area contributed by atoms with Crippen LogP contribution in [0.25, 0.3) is 0 Å². The summed E-state index contributed by atoms with van der Waals surface area (Å²) in [6, 6.07) is 36.0. The molecule has 0 aliphatic rings. The first kappa shape index (κ1) is 32.9. The zero-order valence-corrected chi connectivity index (χ0v) is 23.9. The van der Waals surface area contributed by atoms with Gasteiger partial charge in [0.15, 0.2) is 5.78 Å². The van der Waals surface area contributed by atoms with Crippen molar-refractivity contribution in [3.8, 4) is 0 Å². The zero-order chi connectivity index (χ0) is 30.3. The Labute approximate surface area is 241 Å². The first-order chi connectivity index (χ1) is 19.6. The first-order valence-corrected chi connectivity index (χ1v) is 12.8. The Balaban J connectivity index is 0.000000232. The average Bonchev–Trinajstić information content (AvgIpc) is 3.04. The summed E-state index contributed by atoms with van der Waals surface area (Å²) in [4.78, 5) is 34.8. The van der Waals surface area contributed by atoms with Gasteiger partial charge in [0, 0.05) is 43.6 Å². The van der Waals surface area contributed by atoms with E-state index < -0.39 is 17.4 Å². The van der Waals surface area contributed by atoms with Crippen molar-refractivity contribution in [2.75, 3.05) is 21.3 Å². The molecule has 0 aromatic heterocycles. The van der Waals surface area contributed by atoms with E-state index >= 15 is 0 Å². The molecule has 214 valence electrons. The summed E-state index contributed by atoms with van der Waals surface area (Å²) >= 11 is 0. The molecule has 4 aromatic rings. The molecule has 0 spiro atoms. The monoisotopic (exact) mass is 556 g/mol.